The molecule has 2 heterocycles. The van der Waals surface area contributed by atoms with Crippen molar-refractivity contribution >= 4 is 22.6 Å². The van der Waals surface area contributed by atoms with E-state index in [-0.39, 0.29) is 11.9 Å². The van der Waals surface area contributed by atoms with Gasteiger partial charge in [-0.2, -0.15) is 4.37 Å². The first kappa shape index (κ1) is 23.4. The number of benzene rings is 2. The largest absolute Gasteiger partial charge is 0.343 e. The maximum Gasteiger partial charge on any atom is 0.254 e. The average molecular weight is 463 g/mol. The summed E-state index contributed by atoms with van der Waals surface area (Å²) in [4.78, 5) is 22.2. The summed E-state index contributed by atoms with van der Waals surface area (Å²) in [5.41, 5.74) is 3.33. The van der Waals surface area contributed by atoms with Gasteiger partial charge in [-0.05, 0) is 43.0 Å². The lowest BCUT2D eigenvalue weighted by molar-refractivity contribution is 0.0674. The van der Waals surface area contributed by atoms with Crippen LogP contribution in [-0.2, 0) is 12.8 Å². The normalized spacial score (nSPS) is 16.2. The molecule has 33 heavy (non-hydrogen) atoms. The minimum atomic E-state index is 0.126. The second-order valence-corrected chi connectivity index (χ2v) is 9.69. The Bertz CT molecular complexity index is 1020. The van der Waals surface area contributed by atoms with Crippen molar-refractivity contribution in [3.63, 3.8) is 0 Å². The molecule has 1 amide bonds. The van der Waals surface area contributed by atoms with Crippen LogP contribution in [0.2, 0.25) is 0 Å². The number of carbonyl (C=O) groups excluding carboxylic acids is 1. The number of rotatable bonds is 9. The van der Waals surface area contributed by atoms with E-state index in [9.17, 15) is 4.79 Å². The standard InChI is InChI=1S/C27H34N4OS/c1-3-4-5-7-10-22-13-15-24(16-14-22)26(32)31-18-17-30(20-21(31)2)27-28-25(29-33-27)19-23-11-8-6-9-12-23/h6,8-9,11-16,21H,3-5,7,10,17-20H2,1-2H3. The van der Waals surface area contributed by atoms with Gasteiger partial charge in [0.2, 0.25) is 5.13 Å². The molecule has 1 fully saturated rings. The molecule has 1 aromatic heterocycles. The quantitative estimate of drug-likeness (QED) is 0.388. The number of aryl methyl sites for hydroxylation is 1. The van der Waals surface area contributed by atoms with Gasteiger partial charge in [0.1, 0.15) is 5.82 Å². The van der Waals surface area contributed by atoms with E-state index in [1.807, 2.05) is 35.2 Å². The molecule has 6 heteroatoms. The molecule has 0 saturated carbocycles. The predicted molar refractivity (Wildman–Crippen MR) is 136 cm³/mol. The van der Waals surface area contributed by atoms with E-state index >= 15 is 0 Å². The van der Waals surface area contributed by atoms with Crippen molar-refractivity contribution in [2.75, 3.05) is 24.5 Å². The first-order valence-electron chi connectivity index (χ1n) is 12.2. The van der Waals surface area contributed by atoms with Crippen LogP contribution < -0.4 is 4.90 Å². The predicted octanol–water partition coefficient (Wildman–Crippen LogP) is 5.60. The van der Waals surface area contributed by atoms with Gasteiger partial charge in [-0.3, -0.25) is 4.79 Å². The molecule has 5 nitrogen and oxygen atoms in total. The summed E-state index contributed by atoms with van der Waals surface area (Å²) in [6.45, 7) is 6.62. The van der Waals surface area contributed by atoms with Crippen LogP contribution in [0.1, 0.15) is 66.8 Å². The van der Waals surface area contributed by atoms with E-state index in [4.69, 9.17) is 4.98 Å². The van der Waals surface area contributed by atoms with Gasteiger partial charge in [0, 0.05) is 49.2 Å². The van der Waals surface area contributed by atoms with Crippen LogP contribution in [0, 0.1) is 0 Å². The lowest BCUT2D eigenvalue weighted by Crippen LogP contribution is -2.54. The monoisotopic (exact) mass is 462 g/mol. The van der Waals surface area contributed by atoms with Crippen molar-refractivity contribution in [3.8, 4) is 0 Å². The van der Waals surface area contributed by atoms with E-state index < -0.39 is 0 Å². The van der Waals surface area contributed by atoms with Crippen LogP contribution >= 0.6 is 11.5 Å². The number of hydrogen-bond acceptors (Lipinski definition) is 5. The molecule has 1 saturated heterocycles. The fourth-order valence-corrected chi connectivity index (χ4v) is 5.11. The highest BCUT2D eigenvalue weighted by atomic mass is 32.1. The lowest BCUT2D eigenvalue weighted by atomic mass is 10.0. The SMILES string of the molecule is CCCCCCc1ccc(C(=O)N2CCN(c3nc(Cc4ccccc4)ns3)CC2C)cc1. The third-order valence-corrected chi connectivity index (χ3v) is 7.16. The van der Waals surface area contributed by atoms with Crippen LogP contribution in [-0.4, -0.2) is 45.8 Å². The van der Waals surface area contributed by atoms with E-state index in [2.05, 4.69) is 47.4 Å². The van der Waals surface area contributed by atoms with Crippen LogP contribution in [0.5, 0.6) is 0 Å². The summed E-state index contributed by atoms with van der Waals surface area (Å²) in [5.74, 6) is 0.990. The molecule has 0 N–H and O–H groups in total. The Morgan fingerprint density at radius 3 is 2.52 bits per heavy atom. The van der Waals surface area contributed by atoms with Crippen molar-refractivity contribution in [2.45, 2.75) is 58.4 Å². The smallest absolute Gasteiger partial charge is 0.254 e. The summed E-state index contributed by atoms with van der Waals surface area (Å²) in [6.07, 6.45) is 6.90. The van der Waals surface area contributed by atoms with Crippen LogP contribution in [0.15, 0.2) is 54.6 Å². The number of aromatic nitrogens is 2. The van der Waals surface area contributed by atoms with Crippen LogP contribution in [0.4, 0.5) is 5.13 Å². The zero-order chi connectivity index (χ0) is 23.0. The summed E-state index contributed by atoms with van der Waals surface area (Å²) in [5, 5.41) is 0.951. The molecule has 4 rings (SSSR count). The fraction of sp³-hybridized carbons (Fsp3) is 0.444. The van der Waals surface area contributed by atoms with Gasteiger partial charge >= 0.3 is 0 Å². The molecule has 0 radical (unpaired) electrons. The Morgan fingerprint density at radius 2 is 1.79 bits per heavy atom. The molecule has 3 aromatic rings. The van der Waals surface area contributed by atoms with E-state index in [0.29, 0.717) is 6.54 Å². The number of carbonyl (C=O) groups is 1. The summed E-state index contributed by atoms with van der Waals surface area (Å²) < 4.78 is 4.56. The van der Waals surface area contributed by atoms with Crippen molar-refractivity contribution in [3.05, 3.63) is 77.1 Å². The van der Waals surface area contributed by atoms with Gasteiger partial charge in [-0.1, -0.05) is 68.7 Å². The van der Waals surface area contributed by atoms with Crippen molar-refractivity contribution in [1.82, 2.24) is 14.3 Å². The van der Waals surface area contributed by atoms with E-state index in [0.717, 1.165) is 42.5 Å². The first-order valence-corrected chi connectivity index (χ1v) is 12.9. The maximum atomic E-state index is 13.2. The summed E-state index contributed by atoms with van der Waals surface area (Å²) in [7, 11) is 0. The summed E-state index contributed by atoms with van der Waals surface area (Å²) in [6, 6.07) is 18.7. The van der Waals surface area contributed by atoms with Gasteiger partial charge < -0.3 is 9.80 Å². The highest BCUT2D eigenvalue weighted by Crippen LogP contribution is 2.23. The maximum absolute atomic E-state index is 13.2. The Balaban J connectivity index is 1.31. The second-order valence-electron chi connectivity index (χ2n) is 8.96. The number of piperazine rings is 1. The summed E-state index contributed by atoms with van der Waals surface area (Å²) >= 11 is 1.46. The van der Waals surface area contributed by atoms with Crippen LogP contribution in [0.25, 0.3) is 0 Å². The number of nitrogens with zero attached hydrogens (tertiary/aromatic N) is 4. The molecule has 0 bridgehead atoms. The van der Waals surface area contributed by atoms with Crippen molar-refractivity contribution in [1.29, 1.82) is 0 Å². The Hall–Kier alpha value is -2.73. The topological polar surface area (TPSA) is 49.3 Å². The molecule has 0 aliphatic carbocycles. The highest BCUT2D eigenvalue weighted by Gasteiger charge is 2.29. The zero-order valence-electron chi connectivity index (χ0n) is 19.7. The minimum Gasteiger partial charge on any atom is -0.343 e. The molecule has 174 valence electrons. The fourth-order valence-electron chi connectivity index (χ4n) is 4.39. The van der Waals surface area contributed by atoms with Gasteiger partial charge in [0.05, 0.1) is 0 Å². The molecule has 1 aliphatic rings. The van der Waals surface area contributed by atoms with Gasteiger partial charge in [-0.25, -0.2) is 4.98 Å². The van der Waals surface area contributed by atoms with Crippen molar-refractivity contribution in [2.24, 2.45) is 0 Å². The number of amides is 1. The average Bonchev–Trinajstić information content (AvgIpc) is 3.31. The first-order chi connectivity index (χ1) is 16.1. The molecule has 0 spiro atoms. The third kappa shape index (κ3) is 6.20. The Labute approximate surface area is 201 Å². The molecular weight excluding hydrogens is 428 g/mol. The second kappa shape index (κ2) is 11.4. The number of anilines is 1. The lowest BCUT2D eigenvalue weighted by Gasteiger charge is -2.39. The molecule has 1 unspecified atom stereocenters. The zero-order valence-corrected chi connectivity index (χ0v) is 20.6. The Kier molecular flexibility index (Phi) is 8.10. The van der Waals surface area contributed by atoms with Crippen LogP contribution in [0.3, 0.4) is 0 Å². The van der Waals surface area contributed by atoms with Gasteiger partial charge in [0.25, 0.3) is 5.91 Å². The highest BCUT2D eigenvalue weighted by molar-refractivity contribution is 7.09. The van der Waals surface area contributed by atoms with E-state index in [1.165, 1.54) is 48.3 Å². The third-order valence-electron chi connectivity index (χ3n) is 6.34. The van der Waals surface area contributed by atoms with E-state index in [1.54, 1.807) is 0 Å². The van der Waals surface area contributed by atoms with Gasteiger partial charge in [-0.15, -0.1) is 0 Å². The number of hydrogen-bond donors (Lipinski definition) is 0. The molecular formula is C27H34N4OS. The molecule has 1 atom stereocenters. The van der Waals surface area contributed by atoms with Crippen molar-refractivity contribution < 1.29 is 4.79 Å². The number of unbranched alkanes of at least 4 members (excludes halogenated alkanes) is 3. The minimum absolute atomic E-state index is 0.126. The molecule has 1 aliphatic heterocycles. The van der Waals surface area contributed by atoms with Gasteiger partial charge in [0.15, 0.2) is 0 Å². The molecule has 2 aromatic carbocycles. The Morgan fingerprint density at radius 1 is 1.00 bits per heavy atom.